The molecule has 0 fully saturated rings. The first-order valence-electron chi connectivity index (χ1n) is 7.77. The van der Waals surface area contributed by atoms with E-state index < -0.39 is 0 Å². The van der Waals surface area contributed by atoms with Crippen LogP contribution in [-0.4, -0.2) is 25.5 Å². The van der Waals surface area contributed by atoms with Crippen molar-refractivity contribution in [2.45, 2.75) is 48.0 Å². The van der Waals surface area contributed by atoms with Crippen LogP contribution in [0.5, 0.6) is 0 Å². The summed E-state index contributed by atoms with van der Waals surface area (Å²) in [6.07, 6.45) is 5.01. The summed E-state index contributed by atoms with van der Waals surface area (Å²) in [5.74, 6) is 2.40. The van der Waals surface area contributed by atoms with Gasteiger partial charge in [-0.25, -0.2) is 5.57 Å². The van der Waals surface area contributed by atoms with Gasteiger partial charge in [0.15, 0.2) is 0 Å². The Hall–Kier alpha value is 0.154. The molecule has 0 aliphatic heterocycles. The number of hydrogen-bond acceptors (Lipinski definition) is 1. The van der Waals surface area contributed by atoms with Gasteiger partial charge in [-0.05, 0) is 27.1 Å². The average Bonchev–Trinajstić information content (AvgIpc) is 2.65. The van der Waals surface area contributed by atoms with Crippen LogP contribution in [-0.2, 0) is 21.7 Å². The first-order chi connectivity index (χ1) is 8.75. The van der Waals surface area contributed by atoms with E-state index in [4.69, 9.17) is 0 Å². The minimum atomic E-state index is 0. The maximum atomic E-state index is 3.82. The summed E-state index contributed by atoms with van der Waals surface area (Å²) in [5.41, 5.74) is 4.75. The van der Waals surface area contributed by atoms with Gasteiger partial charge in [-0.3, -0.25) is 6.08 Å². The van der Waals surface area contributed by atoms with E-state index in [-0.39, 0.29) is 21.7 Å². The Morgan fingerprint density at radius 2 is 1.55 bits per heavy atom. The molecule has 0 spiro atoms. The first kappa shape index (κ1) is 20.2. The molecule has 1 atom stereocenters. The molecule has 0 aromatic heterocycles. The van der Waals surface area contributed by atoms with Crippen molar-refractivity contribution in [3.8, 4) is 0 Å². The van der Waals surface area contributed by atoms with Gasteiger partial charge >= 0.3 is 0 Å². The maximum Gasteiger partial charge on any atom is 0 e. The van der Waals surface area contributed by atoms with Crippen LogP contribution in [0.25, 0.3) is 0 Å². The molecule has 0 radical (unpaired) electrons. The molecule has 1 rings (SSSR count). The molecule has 1 nitrogen and oxygen atoms in total. The van der Waals surface area contributed by atoms with Gasteiger partial charge in [0.25, 0.3) is 0 Å². The molecule has 0 bridgehead atoms. The largest absolute Gasteiger partial charge is 0.309 e. The van der Waals surface area contributed by atoms with Crippen LogP contribution in [0.15, 0.2) is 16.7 Å². The molecule has 0 aromatic rings. The molecule has 0 heterocycles. The molecule has 0 N–H and O–H groups in total. The predicted octanol–water partition coefficient (Wildman–Crippen LogP) is 4.56. The summed E-state index contributed by atoms with van der Waals surface area (Å²) in [6.45, 7) is 15.1. The Balaban J connectivity index is 0.00000361. The fraction of sp³-hybridized carbons (Fsp3) is 0.778. The minimum Gasteiger partial charge on any atom is -0.309 e. The van der Waals surface area contributed by atoms with Crippen LogP contribution in [0.1, 0.15) is 48.0 Å². The SMILES string of the molecule is CC(C)C1=[C-]C(C(C)C)C(CCN(C)C)=C1C(C)C.[Ti]. The topological polar surface area (TPSA) is 3.24 Å². The van der Waals surface area contributed by atoms with Crippen LogP contribution in [0.4, 0.5) is 0 Å². The number of rotatable bonds is 6. The van der Waals surface area contributed by atoms with E-state index in [0.717, 1.165) is 6.54 Å². The van der Waals surface area contributed by atoms with Crippen molar-refractivity contribution in [3.05, 3.63) is 22.8 Å². The van der Waals surface area contributed by atoms with Crippen LogP contribution in [0, 0.1) is 29.7 Å². The van der Waals surface area contributed by atoms with Gasteiger partial charge in [-0.1, -0.05) is 65.2 Å². The second kappa shape index (κ2) is 8.56. The zero-order valence-corrected chi connectivity index (χ0v) is 16.2. The fourth-order valence-electron chi connectivity index (χ4n) is 3.04. The molecule has 1 unspecified atom stereocenters. The van der Waals surface area contributed by atoms with E-state index >= 15 is 0 Å². The Labute approximate surface area is 141 Å². The standard InChI is InChI=1S/C18H32N.Ti/c1-12(2)16-11-17(13(3)4)18(14(5)6)15(16)9-10-19(7)8;/h12-14,16H,9-10H2,1-8H3;/q-1;. The Morgan fingerprint density at radius 1 is 1.00 bits per heavy atom. The Bertz CT molecular complexity index is 362. The van der Waals surface area contributed by atoms with E-state index in [9.17, 15) is 0 Å². The third-order valence-corrected chi connectivity index (χ3v) is 3.97. The molecule has 0 amide bonds. The predicted molar refractivity (Wildman–Crippen MR) is 85.0 cm³/mol. The summed E-state index contributed by atoms with van der Waals surface area (Å²) in [5, 5.41) is 0. The van der Waals surface area contributed by atoms with Crippen molar-refractivity contribution in [2.75, 3.05) is 20.6 Å². The van der Waals surface area contributed by atoms with Crippen LogP contribution >= 0.6 is 0 Å². The summed E-state index contributed by atoms with van der Waals surface area (Å²) in [4.78, 5) is 2.29. The fourth-order valence-corrected chi connectivity index (χ4v) is 3.04. The normalized spacial score (nSPS) is 19.4. The number of hydrogen-bond donors (Lipinski definition) is 0. The average molecular weight is 310 g/mol. The summed E-state index contributed by atoms with van der Waals surface area (Å²) in [6, 6.07) is 0. The second-order valence-corrected chi connectivity index (χ2v) is 7.08. The molecule has 0 aromatic carbocycles. The van der Waals surface area contributed by atoms with Crippen molar-refractivity contribution in [1.29, 1.82) is 0 Å². The molecule has 0 saturated carbocycles. The van der Waals surface area contributed by atoms with E-state index in [1.165, 1.54) is 12.0 Å². The Kier molecular flexibility index (Phi) is 8.63. The van der Waals surface area contributed by atoms with Gasteiger partial charge < -0.3 is 4.90 Å². The molecule has 2 heteroatoms. The van der Waals surface area contributed by atoms with Crippen molar-refractivity contribution < 1.29 is 21.7 Å². The van der Waals surface area contributed by atoms with Gasteiger partial charge in [0.2, 0.25) is 0 Å². The van der Waals surface area contributed by atoms with Gasteiger partial charge in [0, 0.05) is 21.7 Å². The quantitative estimate of drug-likeness (QED) is 0.513. The summed E-state index contributed by atoms with van der Waals surface area (Å²) < 4.78 is 0. The number of allylic oxidation sites excluding steroid dienone is 3. The maximum absolute atomic E-state index is 3.82. The third kappa shape index (κ3) is 4.86. The smallest absolute Gasteiger partial charge is 0 e. The molecule has 1 aliphatic carbocycles. The monoisotopic (exact) mass is 310 g/mol. The van der Waals surface area contributed by atoms with Gasteiger partial charge in [-0.15, -0.1) is 0 Å². The van der Waals surface area contributed by atoms with Crippen molar-refractivity contribution in [3.63, 3.8) is 0 Å². The zero-order valence-electron chi connectivity index (χ0n) is 14.7. The van der Waals surface area contributed by atoms with Gasteiger partial charge in [0.1, 0.15) is 0 Å². The van der Waals surface area contributed by atoms with Crippen molar-refractivity contribution >= 4 is 0 Å². The molecule has 0 saturated heterocycles. The molecular formula is C18H32NTi-. The van der Waals surface area contributed by atoms with E-state index in [1.807, 2.05) is 0 Å². The molecule has 1 aliphatic rings. The van der Waals surface area contributed by atoms with Crippen LogP contribution in [0.2, 0.25) is 0 Å². The van der Waals surface area contributed by atoms with Crippen LogP contribution in [0.3, 0.4) is 0 Å². The molecular weight excluding hydrogens is 278 g/mol. The Morgan fingerprint density at radius 3 is 1.90 bits per heavy atom. The molecule has 20 heavy (non-hydrogen) atoms. The van der Waals surface area contributed by atoms with Gasteiger partial charge in [0.05, 0.1) is 0 Å². The van der Waals surface area contributed by atoms with Crippen LogP contribution < -0.4 is 0 Å². The first-order valence-corrected chi connectivity index (χ1v) is 7.77. The van der Waals surface area contributed by atoms with E-state index in [1.54, 1.807) is 11.1 Å². The van der Waals surface area contributed by atoms with E-state index in [0.29, 0.717) is 23.7 Å². The van der Waals surface area contributed by atoms with Gasteiger partial charge in [-0.2, -0.15) is 11.1 Å². The third-order valence-electron chi connectivity index (χ3n) is 3.97. The minimum absolute atomic E-state index is 0. The number of nitrogens with zero attached hydrogens (tertiary/aromatic N) is 1. The zero-order chi connectivity index (χ0) is 14.7. The van der Waals surface area contributed by atoms with E-state index in [2.05, 4.69) is 66.6 Å². The molecule has 114 valence electrons. The summed E-state index contributed by atoms with van der Waals surface area (Å²) in [7, 11) is 4.32. The second-order valence-electron chi connectivity index (χ2n) is 7.08. The summed E-state index contributed by atoms with van der Waals surface area (Å²) >= 11 is 0. The van der Waals surface area contributed by atoms with Crippen molar-refractivity contribution in [1.82, 2.24) is 4.90 Å². The van der Waals surface area contributed by atoms with Crippen molar-refractivity contribution in [2.24, 2.45) is 23.7 Å².